The summed E-state index contributed by atoms with van der Waals surface area (Å²) in [5.74, 6) is 0.173. The van der Waals surface area contributed by atoms with E-state index in [1.165, 1.54) is 0 Å². The Morgan fingerprint density at radius 2 is 2.00 bits per heavy atom. The summed E-state index contributed by atoms with van der Waals surface area (Å²) in [6.07, 6.45) is 0. The summed E-state index contributed by atoms with van der Waals surface area (Å²) in [5, 5.41) is 2.81. The average molecular weight is 225 g/mol. The third kappa shape index (κ3) is 2.21. The number of hydrogen-bond acceptors (Lipinski definition) is 3. The summed E-state index contributed by atoms with van der Waals surface area (Å²) < 4.78 is 23.8. The van der Waals surface area contributed by atoms with Crippen LogP contribution in [0.25, 0.3) is 0 Å². The van der Waals surface area contributed by atoms with Gasteiger partial charge in [-0.1, -0.05) is 24.3 Å². The molecular weight excluding hydrogens is 210 g/mol. The Balaban J connectivity index is 2.18. The fourth-order valence-corrected chi connectivity index (χ4v) is 3.36. The second-order valence-corrected chi connectivity index (χ2v) is 6.30. The van der Waals surface area contributed by atoms with Gasteiger partial charge in [0.2, 0.25) is 0 Å². The van der Waals surface area contributed by atoms with Crippen molar-refractivity contribution in [1.29, 1.82) is 0 Å². The van der Waals surface area contributed by atoms with Crippen LogP contribution in [-0.4, -0.2) is 26.8 Å². The zero-order chi connectivity index (χ0) is 10.9. The molecule has 82 valence electrons. The number of nitrogens with one attached hydrogen (secondary N) is 1. The van der Waals surface area contributed by atoms with E-state index in [0.717, 1.165) is 11.1 Å². The van der Waals surface area contributed by atoms with Crippen molar-refractivity contribution in [1.82, 2.24) is 5.32 Å². The highest BCUT2D eigenvalue weighted by Gasteiger charge is 2.31. The van der Waals surface area contributed by atoms with E-state index >= 15 is 0 Å². The van der Waals surface area contributed by atoms with E-state index in [2.05, 4.69) is 5.32 Å². The van der Waals surface area contributed by atoms with E-state index in [9.17, 15) is 8.42 Å². The molecular formula is C11H15NO2S. The predicted octanol–water partition coefficient (Wildman–Crippen LogP) is 0.882. The molecule has 0 unspecified atom stereocenters. The minimum absolute atomic E-state index is 0.173. The SMILES string of the molecule is Cc1ccccc1CS(=O)(=O)C1CNC1. The smallest absolute Gasteiger partial charge is 0.159 e. The Morgan fingerprint density at radius 3 is 2.53 bits per heavy atom. The maximum Gasteiger partial charge on any atom is 0.159 e. The lowest BCUT2D eigenvalue weighted by Gasteiger charge is -2.27. The quantitative estimate of drug-likeness (QED) is 0.830. The summed E-state index contributed by atoms with van der Waals surface area (Å²) in [6, 6.07) is 7.65. The number of aryl methyl sites for hydroxylation is 1. The second-order valence-electron chi connectivity index (χ2n) is 4.01. The van der Waals surface area contributed by atoms with Crippen molar-refractivity contribution in [3.63, 3.8) is 0 Å². The first-order valence-corrected chi connectivity index (χ1v) is 6.78. The van der Waals surface area contributed by atoms with E-state index in [1.807, 2.05) is 31.2 Å². The van der Waals surface area contributed by atoms with Crippen LogP contribution >= 0.6 is 0 Å². The molecule has 15 heavy (non-hydrogen) atoms. The topological polar surface area (TPSA) is 46.2 Å². The van der Waals surface area contributed by atoms with E-state index < -0.39 is 9.84 Å². The zero-order valence-corrected chi connectivity index (χ0v) is 9.55. The van der Waals surface area contributed by atoms with E-state index in [1.54, 1.807) is 0 Å². The molecule has 1 N–H and O–H groups in total. The molecule has 1 aliphatic heterocycles. The second kappa shape index (κ2) is 3.94. The van der Waals surface area contributed by atoms with Crippen LogP contribution in [0.5, 0.6) is 0 Å². The molecule has 4 heteroatoms. The summed E-state index contributed by atoms with van der Waals surface area (Å²) in [7, 11) is -2.96. The van der Waals surface area contributed by atoms with Gasteiger partial charge in [-0.15, -0.1) is 0 Å². The molecule has 0 atom stereocenters. The lowest BCUT2D eigenvalue weighted by molar-refractivity contribution is 0.495. The first-order chi connectivity index (χ1) is 7.09. The van der Waals surface area contributed by atoms with Crippen molar-refractivity contribution < 1.29 is 8.42 Å². The maximum absolute atomic E-state index is 11.9. The average Bonchev–Trinajstić information content (AvgIpc) is 2.04. The van der Waals surface area contributed by atoms with Gasteiger partial charge >= 0.3 is 0 Å². The summed E-state index contributed by atoms with van der Waals surface area (Å²) in [5.41, 5.74) is 1.97. The highest BCUT2D eigenvalue weighted by molar-refractivity contribution is 7.91. The van der Waals surface area contributed by atoms with Crippen molar-refractivity contribution in [3.05, 3.63) is 35.4 Å². The third-order valence-corrected chi connectivity index (χ3v) is 4.93. The fraction of sp³-hybridized carbons (Fsp3) is 0.455. The Labute approximate surface area is 90.4 Å². The number of hydrogen-bond donors (Lipinski definition) is 1. The molecule has 1 aliphatic rings. The molecule has 1 aromatic rings. The monoisotopic (exact) mass is 225 g/mol. The molecule has 1 aromatic carbocycles. The van der Waals surface area contributed by atoms with Gasteiger partial charge < -0.3 is 5.32 Å². The standard InChI is InChI=1S/C11H15NO2S/c1-9-4-2-3-5-10(9)8-15(13,14)11-6-12-7-11/h2-5,11-12H,6-8H2,1H3. The molecule has 1 heterocycles. The summed E-state index contributed by atoms with van der Waals surface area (Å²) >= 11 is 0. The van der Waals surface area contributed by atoms with Gasteiger partial charge in [0.15, 0.2) is 9.84 Å². The first-order valence-electron chi connectivity index (χ1n) is 5.06. The van der Waals surface area contributed by atoms with Crippen LogP contribution in [0, 0.1) is 6.92 Å². The summed E-state index contributed by atoms with van der Waals surface area (Å²) in [6.45, 7) is 3.16. The fourth-order valence-electron chi connectivity index (χ4n) is 1.62. The van der Waals surface area contributed by atoms with Gasteiger partial charge in [-0.25, -0.2) is 8.42 Å². The normalized spacial score (nSPS) is 17.4. The molecule has 0 aliphatic carbocycles. The Hall–Kier alpha value is -0.870. The van der Waals surface area contributed by atoms with Crippen molar-refractivity contribution in [2.24, 2.45) is 0 Å². The van der Waals surface area contributed by atoms with E-state index in [-0.39, 0.29) is 11.0 Å². The molecule has 0 spiro atoms. The third-order valence-electron chi connectivity index (χ3n) is 2.87. The van der Waals surface area contributed by atoms with Gasteiger partial charge in [0.1, 0.15) is 0 Å². The van der Waals surface area contributed by atoms with E-state index in [4.69, 9.17) is 0 Å². The molecule has 0 bridgehead atoms. The lowest BCUT2D eigenvalue weighted by Crippen LogP contribution is -2.51. The molecule has 0 radical (unpaired) electrons. The lowest BCUT2D eigenvalue weighted by atomic mass is 10.1. The van der Waals surface area contributed by atoms with Gasteiger partial charge in [0, 0.05) is 13.1 Å². The van der Waals surface area contributed by atoms with Crippen LogP contribution in [0.4, 0.5) is 0 Å². The van der Waals surface area contributed by atoms with Crippen LogP contribution in [-0.2, 0) is 15.6 Å². The van der Waals surface area contributed by atoms with Crippen LogP contribution in [0.3, 0.4) is 0 Å². The minimum atomic E-state index is -2.96. The highest BCUT2D eigenvalue weighted by atomic mass is 32.2. The maximum atomic E-state index is 11.9. The zero-order valence-electron chi connectivity index (χ0n) is 8.73. The van der Waals surface area contributed by atoms with Crippen molar-refractivity contribution >= 4 is 9.84 Å². The van der Waals surface area contributed by atoms with Gasteiger partial charge in [0.25, 0.3) is 0 Å². The molecule has 1 saturated heterocycles. The first kappa shape index (κ1) is 10.6. The van der Waals surface area contributed by atoms with Gasteiger partial charge in [-0.2, -0.15) is 0 Å². The van der Waals surface area contributed by atoms with Crippen LogP contribution in [0.1, 0.15) is 11.1 Å². The molecule has 3 nitrogen and oxygen atoms in total. The van der Waals surface area contributed by atoms with Gasteiger partial charge in [-0.05, 0) is 18.1 Å². The largest absolute Gasteiger partial charge is 0.314 e. The number of sulfone groups is 1. The summed E-state index contributed by atoms with van der Waals surface area (Å²) in [4.78, 5) is 0. The Kier molecular flexibility index (Phi) is 2.80. The molecule has 0 amide bonds. The van der Waals surface area contributed by atoms with Gasteiger partial charge in [-0.3, -0.25) is 0 Å². The molecule has 0 aromatic heterocycles. The minimum Gasteiger partial charge on any atom is -0.314 e. The van der Waals surface area contributed by atoms with Crippen LogP contribution in [0.15, 0.2) is 24.3 Å². The molecule has 2 rings (SSSR count). The van der Waals surface area contributed by atoms with Crippen LogP contribution < -0.4 is 5.32 Å². The van der Waals surface area contributed by atoms with Crippen molar-refractivity contribution in [2.45, 2.75) is 17.9 Å². The predicted molar refractivity (Wildman–Crippen MR) is 60.5 cm³/mol. The van der Waals surface area contributed by atoms with Gasteiger partial charge in [0.05, 0.1) is 11.0 Å². The Morgan fingerprint density at radius 1 is 1.33 bits per heavy atom. The molecule has 1 fully saturated rings. The highest BCUT2D eigenvalue weighted by Crippen LogP contribution is 2.16. The van der Waals surface area contributed by atoms with Crippen LogP contribution in [0.2, 0.25) is 0 Å². The number of rotatable bonds is 3. The van der Waals surface area contributed by atoms with E-state index in [0.29, 0.717) is 13.1 Å². The van der Waals surface area contributed by atoms with Crippen molar-refractivity contribution in [3.8, 4) is 0 Å². The van der Waals surface area contributed by atoms with Crippen molar-refractivity contribution in [2.75, 3.05) is 13.1 Å². The molecule has 0 saturated carbocycles. The Bertz CT molecular complexity index is 449. The number of benzene rings is 1.